The van der Waals surface area contributed by atoms with E-state index in [1.807, 2.05) is 0 Å². The Morgan fingerprint density at radius 3 is 2.66 bits per heavy atom. The maximum Gasteiger partial charge on any atom is 0.0975 e. The minimum atomic E-state index is -0.00809. The number of likely N-dealkylation sites (tertiary alicyclic amines) is 1. The Morgan fingerprint density at radius 2 is 1.77 bits per heavy atom. The Labute approximate surface area is 211 Å². The zero-order valence-corrected chi connectivity index (χ0v) is 21.6. The Morgan fingerprint density at radius 1 is 0.914 bits per heavy atom. The molecule has 1 aromatic carbocycles. The molecule has 0 radical (unpaired) electrons. The van der Waals surface area contributed by atoms with E-state index < -0.39 is 0 Å². The van der Waals surface area contributed by atoms with Crippen molar-refractivity contribution in [1.29, 1.82) is 0 Å². The molecule has 2 unspecified atom stereocenters. The molecule has 2 spiro atoms. The third-order valence-electron chi connectivity index (χ3n) is 11.9. The second-order valence-electron chi connectivity index (χ2n) is 13.3. The van der Waals surface area contributed by atoms with Gasteiger partial charge in [0.1, 0.15) is 0 Å². The topological polar surface area (TPSA) is 15.7 Å². The molecule has 0 N–H and O–H groups in total. The molecule has 186 valence electrons. The molecule has 3 nitrogen and oxygen atoms in total. The number of ether oxygens (including phenoxy) is 1. The fourth-order valence-corrected chi connectivity index (χ4v) is 10.2. The van der Waals surface area contributed by atoms with Crippen molar-refractivity contribution in [2.45, 2.75) is 107 Å². The van der Waals surface area contributed by atoms with E-state index in [9.17, 15) is 0 Å². The molecule has 4 fully saturated rings. The van der Waals surface area contributed by atoms with E-state index in [0.29, 0.717) is 17.4 Å². The summed E-state index contributed by atoms with van der Waals surface area (Å²) in [5.74, 6) is 0.668. The van der Waals surface area contributed by atoms with Crippen molar-refractivity contribution >= 4 is 0 Å². The van der Waals surface area contributed by atoms with Crippen LogP contribution in [-0.2, 0) is 17.7 Å². The summed E-state index contributed by atoms with van der Waals surface area (Å²) in [6.07, 6.45) is 19.6. The van der Waals surface area contributed by atoms with Gasteiger partial charge in [-0.1, -0.05) is 43.3 Å². The van der Waals surface area contributed by atoms with Gasteiger partial charge in [0.25, 0.3) is 0 Å². The smallest absolute Gasteiger partial charge is 0.0975 e. The van der Waals surface area contributed by atoms with Gasteiger partial charge in [-0.3, -0.25) is 4.90 Å². The molecule has 0 aromatic heterocycles. The van der Waals surface area contributed by atoms with Crippen LogP contribution in [-0.4, -0.2) is 52.7 Å². The minimum absolute atomic E-state index is 0.00809. The lowest BCUT2D eigenvalue weighted by molar-refractivity contribution is -0.144. The SMILES string of the molecule is C[C@]12CC=C3C=C4CC[C@@H](N5CCCC5)C[C@]45CCC3(O5)[C@@H]1CCC2N1CCc2ccccc2C1. The van der Waals surface area contributed by atoms with Gasteiger partial charge in [0, 0.05) is 25.2 Å². The van der Waals surface area contributed by atoms with Crippen molar-refractivity contribution in [1.82, 2.24) is 9.80 Å². The molecule has 2 saturated heterocycles. The molecule has 3 heteroatoms. The highest BCUT2D eigenvalue weighted by Crippen LogP contribution is 2.67. The Kier molecular flexibility index (Phi) is 4.67. The van der Waals surface area contributed by atoms with Crippen LogP contribution in [0, 0.1) is 11.3 Å². The molecular weight excluding hydrogens is 428 g/mol. The van der Waals surface area contributed by atoms with Crippen LogP contribution in [0.15, 0.2) is 47.6 Å². The first-order chi connectivity index (χ1) is 17.1. The molecule has 4 heterocycles. The third-order valence-corrected chi connectivity index (χ3v) is 11.9. The van der Waals surface area contributed by atoms with Crippen molar-refractivity contribution < 1.29 is 4.74 Å². The van der Waals surface area contributed by atoms with Gasteiger partial charge in [-0.25, -0.2) is 0 Å². The molecule has 8 rings (SSSR count). The van der Waals surface area contributed by atoms with E-state index in [1.165, 1.54) is 90.3 Å². The van der Waals surface area contributed by atoms with Gasteiger partial charge >= 0.3 is 0 Å². The summed E-state index contributed by atoms with van der Waals surface area (Å²) < 4.78 is 7.56. The molecule has 1 aromatic rings. The summed E-state index contributed by atoms with van der Waals surface area (Å²) in [5.41, 5.74) is 6.73. The quantitative estimate of drug-likeness (QED) is 0.524. The van der Waals surface area contributed by atoms with Crippen LogP contribution < -0.4 is 0 Å². The number of allylic oxidation sites excluding steroid dienone is 1. The zero-order chi connectivity index (χ0) is 23.3. The Bertz CT molecular complexity index is 1100. The van der Waals surface area contributed by atoms with Crippen LogP contribution in [0.2, 0.25) is 0 Å². The average molecular weight is 471 g/mol. The van der Waals surface area contributed by atoms with Gasteiger partial charge < -0.3 is 9.64 Å². The summed E-state index contributed by atoms with van der Waals surface area (Å²) in [6, 6.07) is 10.6. The summed E-state index contributed by atoms with van der Waals surface area (Å²) in [7, 11) is 0. The first-order valence-corrected chi connectivity index (χ1v) is 14.8. The Hall–Kier alpha value is -1.42. The number of benzene rings is 1. The second kappa shape index (κ2) is 7.55. The number of hydrogen-bond acceptors (Lipinski definition) is 3. The van der Waals surface area contributed by atoms with Crippen molar-refractivity contribution in [3.8, 4) is 0 Å². The average Bonchev–Trinajstić information content (AvgIpc) is 3.60. The Balaban J connectivity index is 1.10. The fraction of sp³-hybridized carbons (Fsp3) is 0.688. The highest BCUT2D eigenvalue weighted by Gasteiger charge is 2.67. The molecular formula is C32H42N2O. The van der Waals surface area contributed by atoms with Gasteiger partial charge in [-0.2, -0.15) is 0 Å². The van der Waals surface area contributed by atoms with Crippen LogP contribution in [0.5, 0.6) is 0 Å². The lowest BCUT2D eigenvalue weighted by Crippen LogP contribution is -2.57. The van der Waals surface area contributed by atoms with Crippen LogP contribution in [0.25, 0.3) is 0 Å². The second-order valence-corrected chi connectivity index (χ2v) is 13.3. The van der Waals surface area contributed by atoms with Gasteiger partial charge in [0.15, 0.2) is 0 Å². The van der Waals surface area contributed by atoms with E-state index in [0.717, 1.165) is 12.6 Å². The summed E-state index contributed by atoms with van der Waals surface area (Å²) in [4.78, 5) is 5.66. The largest absolute Gasteiger partial charge is 0.359 e. The standard InChI is InChI=1S/C32H42N2O/c1-30-14-12-26-20-25-8-9-27(33-17-4-5-18-33)21-31(25)15-16-32(26,35-31)28(30)10-11-29(30)34-19-13-23-6-2-3-7-24(23)22-34/h2-3,6-7,12,20,27-29H,4-5,8-11,13-19,21-22H2,1H3/t27-,28-,29?,30+,31-,32?/m1/s1. The summed E-state index contributed by atoms with van der Waals surface area (Å²) >= 11 is 0. The van der Waals surface area contributed by atoms with Crippen molar-refractivity contribution in [2.75, 3.05) is 19.6 Å². The number of nitrogens with zero attached hydrogens (tertiary/aromatic N) is 2. The first kappa shape index (κ1) is 21.6. The highest BCUT2D eigenvalue weighted by molar-refractivity contribution is 5.47. The predicted octanol–water partition coefficient (Wildman–Crippen LogP) is 6.04. The molecule has 2 bridgehead atoms. The summed E-state index contributed by atoms with van der Waals surface area (Å²) in [6.45, 7) is 7.63. The molecule has 6 atom stereocenters. The van der Waals surface area contributed by atoms with Crippen molar-refractivity contribution in [3.05, 3.63) is 58.7 Å². The number of fused-ring (bicyclic) bond motifs is 2. The van der Waals surface area contributed by atoms with Crippen LogP contribution in [0.4, 0.5) is 0 Å². The van der Waals surface area contributed by atoms with Crippen LogP contribution in [0.1, 0.15) is 82.3 Å². The van der Waals surface area contributed by atoms with E-state index in [2.05, 4.69) is 53.1 Å². The fourth-order valence-electron chi connectivity index (χ4n) is 10.2. The molecule has 4 aliphatic heterocycles. The molecule has 7 aliphatic rings. The van der Waals surface area contributed by atoms with E-state index in [-0.39, 0.29) is 11.2 Å². The van der Waals surface area contributed by atoms with Gasteiger partial charge in [-0.15, -0.1) is 0 Å². The van der Waals surface area contributed by atoms with Crippen LogP contribution in [0.3, 0.4) is 0 Å². The predicted molar refractivity (Wildman–Crippen MR) is 140 cm³/mol. The van der Waals surface area contributed by atoms with Gasteiger partial charge in [-0.05, 0) is 117 Å². The number of hydrogen-bond donors (Lipinski definition) is 0. The molecule has 35 heavy (non-hydrogen) atoms. The first-order valence-electron chi connectivity index (χ1n) is 14.8. The van der Waals surface area contributed by atoms with Crippen LogP contribution >= 0.6 is 0 Å². The minimum Gasteiger partial charge on any atom is -0.359 e. The highest BCUT2D eigenvalue weighted by atomic mass is 16.5. The molecule has 2 saturated carbocycles. The number of rotatable bonds is 2. The van der Waals surface area contributed by atoms with E-state index in [1.54, 1.807) is 22.3 Å². The van der Waals surface area contributed by atoms with Crippen molar-refractivity contribution in [2.24, 2.45) is 11.3 Å². The molecule has 0 amide bonds. The maximum atomic E-state index is 7.56. The monoisotopic (exact) mass is 470 g/mol. The maximum absolute atomic E-state index is 7.56. The molecule has 3 aliphatic carbocycles. The van der Waals surface area contributed by atoms with Crippen molar-refractivity contribution in [3.63, 3.8) is 0 Å². The van der Waals surface area contributed by atoms with E-state index in [4.69, 9.17) is 4.74 Å². The van der Waals surface area contributed by atoms with Gasteiger partial charge in [0.05, 0.1) is 11.2 Å². The summed E-state index contributed by atoms with van der Waals surface area (Å²) in [5, 5.41) is 0. The zero-order valence-electron chi connectivity index (χ0n) is 21.6. The third kappa shape index (κ3) is 2.95. The van der Waals surface area contributed by atoms with E-state index >= 15 is 0 Å². The van der Waals surface area contributed by atoms with Gasteiger partial charge in [0.2, 0.25) is 0 Å². The lowest BCUT2D eigenvalue weighted by atomic mass is 9.59. The lowest BCUT2D eigenvalue weighted by Gasteiger charge is -2.55. The normalized spacial score (nSPS) is 44.8.